The zero-order chi connectivity index (χ0) is 14.7. The minimum absolute atomic E-state index is 0.0634. The molecule has 106 valence electrons. The smallest absolute Gasteiger partial charge is 0.185 e. The van der Waals surface area contributed by atoms with E-state index in [1.807, 2.05) is 0 Å². The van der Waals surface area contributed by atoms with E-state index in [2.05, 4.69) is 43.2 Å². The first-order valence-corrected chi connectivity index (χ1v) is 6.60. The maximum absolute atomic E-state index is 14.0. The topological polar surface area (TPSA) is 69.6 Å². The normalized spacial score (nSPS) is 20.1. The Morgan fingerprint density at radius 1 is 1.20 bits per heavy atom. The van der Waals surface area contributed by atoms with Crippen LogP contribution in [0.1, 0.15) is 33.7 Å². The van der Waals surface area contributed by atoms with E-state index in [4.69, 9.17) is 5.73 Å². The van der Waals surface area contributed by atoms with Crippen LogP contribution in [0.3, 0.4) is 0 Å². The highest BCUT2D eigenvalue weighted by Gasteiger charge is 2.67. The number of hydrogen-bond acceptors (Lipinski definition) is 4. The van der Waals surface area contributed by atoms with Crippen LogP contribution in [-0.2, 0) is 0 Å². The fraction of sp³-hybridized carbons (Fsp3) is 0.500. The van der Waals surface area contributed by atoms with Gasteiger partial charge in [-0.1, -0.05) is 27.7 Å². The van der Waals surface area contributed by atoms with Crippen molar-refractivity contribution in [2.24, 2.45) is 10.8 Å². The zero-order valence-electron chi connectivity index (χ0n) is 12.1. The van der Waals surface area contributed by atoms with Gasteiger partial charge in [0.05, 0.1) is 11.6 Å². The van der Waals surface area contributed by atoms with Crippen molar-refractivity contribution in [1.29, 1.82) is 0 Å². The van der Waals surface area contributed by atoms with Crippen molar-refractivity contribution in [1.82, 2.24) is 20.2 Å². The van der Waals surface area contributed by atoms with Crippen molar-refractivity contribution in [3.8, 4) is 11.4 Å². The van der Waals surface area contributed by atoms with Crippen LogP contribution in [0.5, 0.6) is 0 Å². The SMILES string of the molecule is CC1(C)C(n2nnnc2-c2cc(N)ccc2F)C1(C)C. The lowest BCUT2D eigenvalue weighted by Crippen LogP contribution is -2.06. The van der Waals surface area contributed by atoms with Gasteiger partial charge in [0.25, 0.3) is 0 Å². The summed E-state index contributed by atoms with van der Waals surface area (Å²) in [6, 6.07) is 4.57. The molecule has 0 spiro atoms. The molecule has 1 aliphatic carbocycles. The van der Waals surface area contributed by atoms with Gasteiger partial charge >= 0.3 is 0 Å². The van der Waals surface area contributed by atoms with E-state index in [0.29, 0.717) is 17.1 Å². The molecule has 0 bridgehead atoms. The first-order chi connectivity index (χ1) is 9.26. The van der Waals surface area contributed by atoms with Crippen LogP contribution in [0, 0.1) is 16.6 Å². The Morgan fingerprint density at radius 2 is 1.85 bits per heavy atom. The molecule has 5 nitrogen and oxygen atoms in total. The quantitative estimate of drug-likeness (QED) is 0.855. The number of halogens is 1. The van der Waals surface area contributed by atoms with E-state index < -0.39 is 0 Å². The summed E-state index contributed by atoms with van der Waals surface area (Å²) in [5.74, 6) is 0.0602. The first kappa shape index (κ1) is 13.0. The lowest BCUT2D eigenvalue weighted by molar-refractivity contribution is 0.457. The van der Waals surface area contributed by atoms with Crippen LogP contribution in [0.25, 0.3) is 11.4 Å². The predicted molar refractivity (Wildman–Crippen MR) is 74.2 cm³/mol. The number of aromatic nitrogens is 4. The van der Waals surface area contributed by atoms with E-state index in [9.17, 15) is 4.39 Å². The maximum atomic E-state index is 14.0. The Morgan fingerprint density at radius 3 is 2.45 bits per heavy atom. The van der Waals surface area contributed by atoms with E-state index in [1.165, 1.54) is 12.1 Å². The fourth-order valence-corrected chi connectivity index (χ4v) is 3.03. The number of nitrogen functional groups attached to an aromatic ring is 1. The Balaban J connectivity index is 2.11. The molecule has 1 aromatic heterocycles. The minimum atomic E-state index is -0.369. The van der Waals surface area contributed by atoms with Gasteiger partial charge in [-0.3, -0.25) is 0 Å². The Labute approximate surface area is 117 Å². The van der Waals surface area contributed by atoms with Gasteiger partial charge in [0.1, 0.15) is 5.82 Å². The number of benzene rings is 1. The summed E-state index contributed by atoms with van der Waals surface area (Å²) < 4.78 is 15.7. The number of anilines is 1. The van der Waals surface area contributed by atoms with Crippen molar-refractivity contribution in [2.45, 2.75) is 33.7 Å². The maximum Gasteiger partial charge on any atom is 0.185 e. The summed E-state index contributed by atoms with van der Waals surface area (Å²) in [4.78, 5) is 0. The molecule has 6 heteroatoms. The molecule has 1 aliphatic rings. The summed E-state index contributed by atoms with van der Waals surface area (Å²) in [5, 5.41) is 11.8. The van der Waals surface area contributed by atoms with Crippen LogP contribution in [0.4, 0.5) is 10.1 Å². The predicted octanol–water partition coefficient (Wildman–Crippen LogP) is 2.67. The van der Waals surface area contributed by atoms with Crippen LogP contribution in [-0.4, -0.2) is 20.2 Å². The Kier molecular flexibility index (Phi) is 2.46. The zero-order valence-corrected chi connectivity index (χ0v) is 12.1. The molecule has 1 saturated carbocycles. The second kappa shape index (κ2) is 3.77. The lowest BCUT2D eigenvalue weighted by atomic mass is 10.0. The first-order valence-electron chi connectivity index (χ1n) is 6.60. The highest BCUT2D eigenvalue weighted by molar-refractivity contribution is 5.62. The van der Waals surface area contributed by atoms with E-state index in [1.54, 1.807) is 10.7 Å². The van der Waals surface area contributed by atoms with Crippen LogP contribution >= 0.6 is 0 Å². The molecule has 0 atom stereocenters. The molecule has 0 saturated heterocycles. The number of hydrogen-bond donors (Lipinski definition) is 1. The molecule has 1 fully saturated rings. The van der Waals surface area contributed by atoms with E-state index >= 15 is 0 Å². The Hall–Kier alpha value is -1.98. The summed E-state index contributed by atoms with van der Waals surface area (Å²) >= 11 is 0. The third-order valence-electron chi connectivity index (χ3n) is 4.91. The summed E-state index contributed by atoms with van der Waals surface area (Å²) in [5.41, 5.74) is 6.70. The fourth-order valence-electron chi connectivity index (χ4n) is 3.03. The molecule has 1 heterocycles. The molecule has 2 aromatic rings. The third kappa shape index (κ3) is 1.57. The number of rotatable bonds is 2. The molecule has 0 unspecified atom stereocenters. The standard InChI is InChI=1S/C14H18FN5/c1-13(2)12(14(13,3)4)20-11(17-18-19-20)9-7-8(16)5-6-10(9)15/h5-7,12H,16H2,1-4H3. The van der Waals surface area contributed by atoms with Crippen LogP contribution < -0.4 is 5.73 Å². The summed E-state index contributed by atoms with van der Waals surface area (Å²) in [6.45, 7) is 8.66. The van der Waals surface area contributed by atoms with Gasteiger partial charge in [-0.2, -0.15) is 0 Å². The molecule has 1 aromatic carbocycles. The summed E-state index contributed by atoms with van der Waals surface area (Å²) in [7, 11) is 0. The molecule has 20 heavy (non-hydrogen) atoms. The molecule has 3 rings (SSSR count). The highest BCUT2D eigenvalue weighted by atomic mass is 19.1. The van der Waals surface area contributed by atoms with Crippen molar-refractivity contribution in [3.05, 3.63) is 24.0 Å². The number of nitrogens with two attached hydrogens (primary N) is 1. The van der Waals surface area contributed by atoms with Crippen molar-refractivity contribution in [2.75, 3.05) is 5.73 Å². The van der Waals surface area contributed by atoms with Crippen molar-refractivity contribution >= 4 is 5.69 Å². The van der Waals surface area contributed by atoms with Gasteiger partial charge in [-0.05, 0) is 39.5 Å². The molecule has 2 N–H and O–H groups in total. The number of nitrogens with zero attached hydrogens (tertiary/aromatic N) is 4. The van der Waals surface area contributed by atoms with Crippen molar-refractivity contribution < 1.29 is 4.39 Å². The van der Waals surface area contributed by atoms with Gasteiger partial charge in [0.15, 0.2) is 5.82 Å². The molecular formula is C14H18FN5. The minimum Gasteiger partial charge on any atom is -0.399 e. The van der Waals surface area contributed by atoms with Crippen LogP contribution in [0.2, 0.25) is 0 Å². The van der Waals surface area contributed by atoms with Gasteiger partial charge in [-0.25, -0.2) is 9.07 Å². The van der Waals surface area contributed by atoms with Crippen molar-refractivity contribution in [3.63, 3.8) is 0 Å². The second-order valence-electron chi connectivity index (χ2n) is 6.53. The molecule has 0 aliphatic heterocycles. The lowest BCUT2D eigenvalue weighted by Gasteiger charge is -2.07. The van der Waals surface area contributed by atoms with Gasteiger partial charge in [0.2, 0.25) is 0 Å². The number of tetrazole rings is 1. The van der Waals surface area contributed by atoms with Gasteiger partial charge < -0.3 is 5.73 Å². The van der Waals surface area contributed by atoms with E-state index in [-0.39, 0.29) is 22.7 Å². The van der Waals surface area contributed by atoms with Gasteiger partial charge in [-0.15, -0.1) is 5.10 Å². The summed E-state index contributed by atoms with van der Waals surface area (Å²) in [6.07, 6.45) is 0. The van der Waals surface area contributed by atoms with E-state index in [0.717, 1.165) is 0 Å². The average Bonchev–Trinajstić information content (AvgIpc) is 2.70. The monoisotopic (exact) mass is 275 g/mol. The molecular weight excluding hydrogens is 257 g/mol. The molecule has 0 amide bonds. The van der Waals surface area contributed by atoms with Gasteiger partial charge in [0, 0.05) is 5.69 Å². The average molecular weight is 275 g/mol. The third-order valence-corrected chi connectivity index (χ3v) is 4.91. The molecule has 0 radical (unpaired) electrons. The highest BCUT2D eigenvalue weighted by Crippen LogP contribution is 2.71. The largest absolute Gasteiger partial charge is 0.399 e. The second-order valence-corrected chi connectivity index (χ2v) is 6.53. The van der Waals surface area contributed by atoms with Crippen LogP contribution in [0.15, 0.2) is 18.2 Å². The Bertz CT molecular complexity index is 660.